The van der Waals surface area contributed by atoms with Crippen LogP contribution in [0.5, 0.6) is 0 Å². The number of fused-ring (bicyclic) bond motifs is 1. The largest absolute Gasteiger partial charge is 0.394 e. The van der Waals surface area contributed by atoms with E-state index < -0.39 is 31.1 Å². The molecule has 0 aliphatic carbocycles. The number of rotatable bonds is 5. The van der Waals surface area contributed by atoms with Gasteiger partial charge in [0.05, 0.1) is 12.8 Å². The second-order valence-corrected chi connectivity index (χ2v) is 6.76. The minimum atomic E-state index is -1.34. The zero-order valence-corrected chi connectivity index (χ0v) is 15.7. The van der Waals surface area contributed by atoms with Crippen molar-refractivity contribution in [2.45, 2.75) is 24.5 Å². The first-order valence-electron chi connectivity index (χ1n) is 8.65. The molecule has 1 aliphatic rings. The Morgan fingerprint density at radius 3 is 2.79 bits per heavy atom. The molecule has 1 saturated heterocycles. The summed E-state index contributed by atoms with van der Waals surface area (Å²) in [7, 11) is 0. The first-order valence-corrected chi connectivity index (χ1v) is 9.03. The summed E-state index contributed by atoms with van der Waals surface area (Å²) in [5.74, 6) is 0.268. The molecule has 152 valence electrons. The van der Waals surface area contributed by atoms with E-state index in [0.717, 1.165) is 0 Å². The van der Waals surface area contributed by atoms with E-state index in [9.17, 15) is 15.3 Å². The highest BCUT2D eigenvalue weighted by atomic mass is 35.5. The molecule has 3 heterocycles. The highest BCUT2D eigenvalue weighted by molar-refractivity contribution is 6.33. The molecule has 1 aromatic carbocycles. The van der Waals surface area contributed by atoms with Crippen LogP contribution in [0.2, 0.25) is 5.02 Å². The van der Waals surface area contributed by atoms with E-state index >= 15 is 0 Å². The summed E-state index contributed by atoms with van der Waals surface area (Å²) < 4.78 is 7.01. The number of nitrogens with two attached hydrogens (primary N) is 1. The Labute approximate surface area is 169 Å². The van der Waals surface area contributed by atoms with Gasteiger partial charge in [-0.15, -0.1) is 0 Å². The molecule has 1 fully saturated rings. The standard InChI is InChI=1S/C17H18ClN7O4/c18-9-4-2-1-3-8(9)5-22-24-17-23-11-14(19)20-7-21-15(11)25(17)16-13(28)12(27)10(6-26)29-16/h1-5,7,10,12-13,16,26-28H,6H2,(H,23,24)(H2,19,20,21)/b22-5-/t10-,12+,13-,16+/m0/s1. The number of anilines is 2. The van der Waals surface area contributed by atoms with Crippen LogP contribution in [0.4, 0.5) is 11.8 Å². The van der Waals surface area contributed by atoms with Gasteiger partial charge < -0.3 is 25.8 Å². The molecule has 2 aromatic heterocycles. The van der Waals surface area contributed by atoms with Gasteiger partial charge in [-0.25, -0.2) is 20.4 Å². The number of hydrogen-bond acceptors (Lipinski definition) is 10. The molecule has 4 atom stereocenters. The topological polar surface area (TPSA) is 164 Å². The van der Waals surface area contributed by atoms with Crippen LogP contribution < -0.4 is 11.2 Å². The van der Waals surface area contributed by atoms with Gasteiger partial charge in [0.1, 0.15) is 24.6 Å². The lowest BCUT2D eigenvalue weighted by atomic mass is 10.1. The Balaban J connectivity index is 1.73. The van der Waals surface area contributed by atoms with Crippen molar-refractivity contribution in [3.05, 3.63) is 41.2 Å². The fourth-order valence-corrected chi connectivity index (χ4v) is 3.26. The molecule has 29 heavy (non-hydrogen) atoms. The molecule has 12 heteroatoms. The number of halogens is 1. The van der Waals surface area contributed by atoms with Gasteiger partial charge in [0.25, 0.3) is 0 Å². The first kappa shape index (κ1) is 19.5. The summed E-state index contributed by atoms with van der Waals surface area (Å²) in [6.07, 6.45) is -1.94. The third-order valence-electron chi connectivity index (χ3n) is 4.55. The fraction of sp³-hybridized carbons (Fsp3) is 0.294. The number of benzene rings is 1. The minimum Gasteiger partial charge on any atom is -0.394 e. The molecule has 0 unspecified atom stereocenters. The van der Waals surface area contributed by atoms with Gasteiger partial charge >= 0.3 is 0 Å². The molecule has 0 amide bonds. The maximum Gasteiger partial charge on any atom is 0.228 e. The highest BCUT2D eigenvalue weighted by Gasteiger charge is 2.45. The maximum atomic E-state index is 10.4. The first-order chi connectivity index (χ1) is 14.0. The zero-order chi connectivity index (χ0) is 20.5. The van der Waals surface area contributed by atoms with Crippen LogP contribution in [0.1, 0.15) is 11.8 Å². The Kier molecular flexibility index (Phi) is 5.30. The summed E-state index contributed by atoms with van der Waals surface area (Å²) in [6.45, 7) is -0.466. The lowest BCUT2D eigenvalue weighted by Gasteiger charge is -2.18. The van der Waals surface area contributed by atoms with E-state index in [0.29, 0.717) is 10.6 Å². The van der Waals surface area contributed by atoms with Gasteiger partial charge in [-0.2, -0.15) is 5.10 Å². The molecule has 1 aliphatic heterocycles. The van der Waals surface area contributed by atoms with Crippen molar-refractivity contribution >= 4 is 40.7 Å². The molecule has 0 bridgehead atoms. The van der Waals surface area contributed by atoms with Crippen LogP contribution in [-0.2, 0) is 4.74 Å². The van der Waals surface area contributed by atoms with E-state index in [2.05, 4.69) is 25.5 Å². The third-order valence-corrected chi connectivity index (χ3v) is 4.89. The smallest absolute Gasteiger partial charge is 0.228 e. The van der Waals surface area contributed by atoms with Crippen LogP contribution in [0.3, 0.4) is 0 Å². The molecule has 11 nitrogen and oxygen atoms in total. The third kappa shape index (κ3) is 3.50. The molecule has 6 N–H and O–H groups in total. The monoisotopic (exact) mass is 419 g/mol. The molecular weight excluding hydrogens is 402 g/mol. The summed E-state index contributed by atoms with van der Waals surface area (Å²) in [5, 5.41) is 34.6. The molecule has 3 aromatic rings. The van der Waals surface area contributed by atoms with Gasteiger partial charge in [0.15, 0.2) is 23.2 Å². The Hall–Kier alpha value is -2.83. The number of imidazole rings is 1. The highest BCUT2D eigenvalue weighted by Crippen LogP contribution is 2.35. The van der Waals surface area contributed by atoms with Gasteiger partial charge in [-0.05, 0) is 6.07 Å². The van der Waals surface area contributed by atoms with Gasteiger partial charge in [-0.1, -0.05) is 29.8 Å². The van der Waals surface area contributed by atoms with E-state index in [-0.39, 0.29) is 22.9 Å². The van der Waals surface area contributed by atoms with E-state index in [1.807, 2.05) is 6.07 Å². The van der Waals surface area contributed by atoms with Crippen LogP contribution >= 0.6 is 11.6 Å². The quantitative estimate of drug-likeness (QED) is 0.285. The number of hydrogen-bond donors (Lipinski definition) is 5. The number of nitrogens with zero attached hydrogens (tertiary/aromatic N) is 5. The van der Waals surface area contributed by atoms with Crippen molar-refractivity contribution in [3.8, 4) is 0 Å². The minimum absolute atomic E-state index is 0.124. The lowest BCUT2D eigenvalue weighted by Crippen LogP contribution is -2.33. The fourth-order valence-electron chi connectivity index (χ4n) is 3.08. The SMILES string of the molecule is Nc1ncnc2c1nc(N/N=C\c1ccccc1Cl)n2[C@@H]1O[C@@H](CO)[C@@H](O)[C@@H]1O. The summed E-state index contributed by atoms with van der Waals surface area (Å²) in [5.41, 5.74) is 9.85. The van der Waals surface area contributed by atoms with E-state index in [1.54, 1.807) is 18.2 Å². The number of aliphatic hydroxyl groups excluding tert-OH is 3. The van der Waals surface area contributed by atoms with E-state index in [4.69, 9.17) is 22.1 Å². The number of nitrogen functional groups attached to an aromatic ring is 1. The Morgan fingerprint density at radius 2 is 2.07 bits per heavy atom. The Morgan fingerprint density at radius 1 is 1.28 bits per heavy atom. The number of aromatic nitrogens is 4. The van der Waals surface area contributed by atoms with Crippen molar-refractivity contribution < 1.29 is 20.1 Å². The summed E-state index contributed by atoms with van der Waals surface area (Å²) >= 11 is 6.11. The molecule has 0 saturated carbocycles. The number of hydrazone groups is 1. The number of nitrogens with one attached hydrogen (secondary N) is 1. The number of aliphatic hydroxyl groups is 3. The van der Waals surface area contributed by atoms with Crippen molar-refractivity contribution in [1.82, 2.24) is 19.5 Å². The molecular formula is C17H18ClN7O4. The summed E-state index contributed by atoms with van der Waals surface area (Å²) in [6, 6.07) is 7.13. The molecule has 0 radical (unpaired) electrons. The maximum absolute atomic E-state index is 10.4. The van der Waals surface area contributed by atoms with Gasteiger partial charge in [0.2, 0.25) is 5.95 Å². The second-order valence-electron chi connectivity index (χ2n) is 6.36. The zero-order valence-electron chi connectivity index (χ0n) is 14.9. The second kappa shape index (κ2) is 7.89. The Bertz CT molecular complexity index is 1060. The predicted molar refractivity (Wildman–Crippen MR) is 105 cm³/mol. The van der Waals surface area contributed by atoms with Crippen LogP contribution in [-0.4, -0.2) is 66.0 Å². The van der Waals surface area contributed by atoms with Crippen LogP contribution in [0.25, 0.3) is 11.2 Å². The molecule has 0 spiro atoms. The average Bonchev–Trinajstić information content (AvgIpc) is 3.22. The average molecular weight is 420 g/mol. The lowest BCUT2D eigenvalue weighted by molar-refractivity contribution is -0.0501. The predicted octanol–water partition coefficient (Wildman–Crippen LogP) is 0.119. The van der Waals surface area contributed by atoms with Crippen molar-refractivity contribution in [1.29, 1.82) is 0 Å². The van der Waals surface area contributed by atoms with Crippen molar-refractivity contribution in [2.24, 2.45) is 5.10 Å². The van der Waals surface area contributed by atoms with Gasteiger partial charge in [-0.3, -0.25) is 4.57 Å². The van der Waals surface area contributed by atoms with E-state index in [1.165, 1.54) is 17.1 Å². The van der Waals surface area contributed by atoms with Crippen LogP contribution in [0.15, 0.2) is 35.7 Å². The molecule has 4 rings (SSSR count). The summed E-state index contributed by atoms with van der Waals surface area (Å²) in [4.78, 5) is 12.4. The van der Waals surface area contributed by atoms with Crippen molar-refractivity contribution in [3.63, 3.8) is 0 Å². The number of ether oxygens (including phenoxy) is 1. The van der Waals surface area contributed by atoms with Crippen LogP contribution in [0, 0.1) is 0 Å². The normalized spacial score (nSPS) is 24.6. The van der Waals surface area contributed by atoms with Crippen molar-refractivity contribution in [2.75, 3.05) is 17.8 Å². The van der Waals surface area contributed by atoms with Gasteiger partial charge in [0, 0.05) is 10.6 Å².